The first-order chi connectivity index (χ1) is 11.3. The lowest BCUT2D eigenvalue weighted by atomic mass is 9.87. The average Bonchev–Trinajstić information content (AvgIpc) is 3.18. The van der Waals surface area contributed by atoms with Gasteiger partial charge in [-0.05, 0) is 12.5 Å². The zero-order valence-electron chi connectivity index (χ0n) is 13.1. The summed E-state index contributed by atoms with van der Waals surface area (Å²) in [6.45, 7) is 6.53. The second kappa shape index (κ2) is 6.51. The summed E-state index contributed by atoms with van der Waals surface area (Å²) in [7, 11) is 0. The first-order valence-corrected chi connectivity index (χ1v) is 8.91. The van der Waals surface area contributed by atoms with Crippen LogP contribution in [0, 0.1) is 5.41 Å². The summed E-state index contributed by atoms with van der Waals surface area (Å²) in [5, 5.41) is 3.23. The molecule has 4 heterocycles. The minimum Gasteiger partial charge on any atom is -0.379 e. The Morgan fingerprint density at radius 2 is 2.04 bits per heavy atom. The maximum atomic E-state index is 5.94. The van der Waals surface area contributed by atoms with E-state index in [9.17, 15) is 0 Å². The standard InChI is InChI=1S/C16H21N5OS/c1-3-18-15(19-4-1)21-6-2-16(12-21)11-20(7-8-22-13-16)10-14-17-5-9-23-14/h1,3-5,9H,2,6-8,10-13H2/t16-/m1/s1. The first-order valence-electron chi connectivity index (χ1n) is 8.04. The molecule has 0 unspecified atom stereocenters. The molecule has 2 fully saturated rings. The molecule has 122 valence electrons. The molecular formula is C16H21N5OS. The Labute approximate surface area is 140 Å². The van der Waals surface area contributed by atoms with Crippen LogP contribution in [0.5, 0.6) is 0 Å². The van der Waals surface area contributed by atoms with Gasteiger partial charge in [-0.15, -0.1) is 11.3 Å². The molecule has 1 spiro atoms. The molecule has 23 heavy (non-hydrogen) atoms. The van der Waals surface area contributed by atoms with Crippen molar-refractivity contribution in [2.24, 2.45) is 5.41 Å². The normalized spacial score (nSPS) is 25.8. The van der Waals surface area contributed by atoms with Crippen LogP contribution < -0.4 is 4.90 Å². The fraction of sp³-hybridized carbons (Fsp3) is 0.562. The number of rotatable bonds is 3. The number of ether oxygens (including phenoxy) is 1. The highest BCUT2D eigenvalue weighted by atomic mass is 32.1. The smallest absolute Gasteiger partial charge is 0.225 e. The third-order valence-corrected chi connectivity index (χ3v) is 5.40. The Balaban J connectivity index is 1.46. The lowest BCUT2D eigenvalue weighted by Gasteiger charge is -2.31. The topological polar surface area (TPSA) is 54.4 Å². The number of thiazole rings is 1. The van der Waals surface area contributed by atoms with E-state index in [1.165, 1.54) is 5.01 Å². The van der Waals surface area contributed by atoms with E-state index in [1.54, 1.807) is 11.3 Å². The van der Waals surface area contributed by atoms with Crippen LogP contribution in [0.25, 0.3) is 0 Å². The Hall–Kier alpha value is -1.57. The Morgan fingerprint density at radius 1 is 1.13 bits per heavy atom. The van der Waals surface area contributed by atoms with Crippen LogP contribution in [0.2, 0.25) is 0 Å². The fourth-order valence-corrected chi connectivity index (χ4v) is 4.20. The predicted octanol–water partition coefficient (Wildman–Crippen LogP) is 1.66. The molecule has 2 aliphatic heterocycles. The van der Waals surface area contributed by atoms with Crippen LogP contribution >= 0.6 is 11.3 Å². The Bertz CT molecular complexity index is 623. The van der Waals surface area contributed by atoms with Crippen LogP contribution in [0.1, 0.15) is 11.4 Å². The molecule has 0 saturated carbocycles. The average molecular weight is 331 g/mol. The van der Waals surface area contributed by atoms with Crippen molar-refractivity contribution in [1.29, 1.82) is 0 Å². The van der Waals surface area contributed by atoms with Gasteiger partial charge in [0.2, 0.25) is 5.95 Å². The number of hydrogen-bond donors (Lipinski definition) is 0. The number of aromatic nitrogens is 3. The Morgan fingerprint density at radius 3 is 2.87 bits per heavy atom. The minimum absolute atomic E-state index is 0.174. The molecular weight excluding hydrogens is 310 g/mol. The summed E-state index contributed by atoms with van der Waals surface area (Å²) in [6, 6.07) is 1.86. The molecule has 2 saturated heterocycles. The van der Waals surface area contributed by atoms with E-state index in [2.05, 4.69) is 24.8 Å². The van der Waals surface area contributed by atoms with Gasteiger partial charge in [0.15, 0.2) is 0 Å². The molecule has 4 rings (SSSR count). The molecule has 0 bridgehead atoms. The fourth-order valence-electron chi connectivity index (χ4n) is 3.55. The molecule has 0 aromatic carbocycles. The second-order valence-electron chi connectivity index (χ2n) is 6.41. The number of anilines is 1. The molecule has 6 nitrogen and oxygen atoms in total. The predicted molar refractivity (Wildman–Crippen MR) is 89.5 cm³/mol. The van der Waals surface area contributed by atoms with Crippen molar-refractivity contribution < 1.29 is 4.74 Å². The van der Waals surface area contributed by atoms with Crippen molar-refractivity contribution in [1.82, 2.24) is 19.9 Å². The van der Waals surface area contributed by atoms with E-state index in [0.29, 0.717) is 0 Å². The summed E-state index contributed by atoms with van der Waals surface area (Å²) in [6.07, 6.45) is 6.63. The summed E-state index contributed by atoms with van der Waals surface area (Å²) >= 11 is 1.73. The Kier molecular flexibility index (Phi) is 4.24. The van der Waals surface area contributed by atoms with Gasteiger partial charge in [0.25, 0.3) is 0 Å². The van der Waals surface area contributed by atoms with E-state index in [4.69, 9.17) is 4.74 Å². The lowest BCUT2D eigenvalue weighted by Crippen LogP contribution is -2.40. The van der Waals surface area contributed by atoms with Crippen molar-refractivity contribution in [3.8, 4) is 0 Å². The molecule has 0 N–H and O–H groups in total. The molecule has 2 aromatic heterocycles. The molecule has 0 radical (unpaired) electrons. The van der Waals surface area contributed by atoms with Crippen molar-refractivity contribution in [2.45, 2.75) is 13.0 Å². The van der Waals surface area contributed by atoms with Gasteiger partial charge in [0.1, 0.15) is 5.01 Å². The zero-order valence-corrected chi connectivity index (χ0v) is 13.9. The number of nitrogens with zero attached hydrogens (tertiary/aromatic N) is 5. The van der Waals surface area contributed by atoms with Gasteiger partial charge in [-0.2, -0.15) is 0 Å². The third-order valence-electron chi connectivity index (χ3n) is 4.63. The van der Waals surface area contributed by atoms with Gasteiger partial charge >= 0.3 is 0 Å². The van der Waals surface area contributed by atoms with E-state index in [1.807, 2.05) is 30.0 Å². The van der Waals surface area contributed by atoms with E-state index in [0.717, 1.165) is 58.3 Å². The molecule has 2 aliphatic rings. The first kappa shape index (κ1) is 15.0. The molecule has 7 heteroatoms. The van der Waals surface area contributed by atoms with Crippen molar-refractivity contribution in [2.75, 3.05) is 44.3 Å². The highest BCUT2D eigenvalue weighted by Gasteiger charge is 2.41. The molecule has 0 amide bonds. The van der Waals surface area contributed by atoms with Gasteiger partial charge in [-0.25, -0.2) is 15.0 Å². The monoisotopic (exact) mass is 331 g/mol. The van der Waals surface area contributed by atoms with Crippen LogP contribution in [-0.4, -0.2) is 59.2 Å². The van der Waals surface area contributed by atoms with E-state index >= 15 is 0 Å². The SMILES string of the molecule is c1cnc(N2CC[C@]3(COCCN(Cc4nccs4)C3)C2)nc1. The van der Waals surface area contributed by atoms with E-state index in [-0.39, 0.29) is 5.41 Å². The van der Waals surface area contributed by atoms with Gasteiger partial charge in [0.05, 0.1) is 19.8 Å². The maximum Gasteiger partial charge on any atom is 0.225 e. The molecule has 1 atom stereocenters. The quantitative estimate of drug-likeness (QED) is 0.853. The van der Waals surface area contributed by atoms with Gasteiger partial charge in [-0.1, -0.05) is 0 Å². The largest absolute Gasteiger partial charge is 0.379 e. The van der Waals surface area contributed by atoms with Crippen LogP contribution in [-0.2, 0) is 11.3 Å². The van der Waals surface area contributed by atoms with Gasteiger partial charge in [0, 0.05) is 55.6 Å². The zero-order chi connectivity index (χ0) is 15.5. The molecule has 0 aliphatic carbocycles. The second-order valence-corrected chi connectivity index (χ2v) is 7.39. The number of hydrogen-bond acceptors (Lipinski definition) is 7. The van der Waals surface area contributed by atoms with Crippen LogP contribution in [0.3, 0.4) is 0 Å². The summed E-state index contributed by atoms with van der Waals surface area (Å²) in [4.78, 5) is 18.0. The lowest BCUT2D eigenvalue weighted by molar-refractivity contribution is 0.0798. The molecule has 2 aromatic rings. The van der Waals surface area contributed by atoms with Gasteiger partial charge in [-0.3, -0.25) is 4.90 Å². The maximum absolute atomic E-state index is 5.94. The summed E-state index contributed by atoms with van der Waals surface area (Å²) in [5.41, 5.74) is 0.174. The van der Waals surface area contributed by atoms with Gasteiger partial charge < -0.3 is 9.64 Å². The van der Waals surface area contributed by atoms with Crippen LogP contribution in [0.15, 0.2) is 30.0 Å². The highest BCUT2D eigenvalue weighted by molar-refractivity contribution is 7.09. The summed E-state index contributed by atoms with van der Waals surface area (Å²) < 4.78 is 5.94. The third kappa shape index (κ3) is 3.36. The van der Waals surface area contributed by atoms with Crippen LogP contribution in [0.4, 0.5) is 5.95 Å². The highest BCUT2D eigenvalue weighted by Crippen LogP contribution is 2.35. The summed E-state index contributed by atoms with van der Waals surface area (Å²) in [5.74, 6) is 0.833. The minimum atomic E-state index is 0.174. The van der Waals surface area contributed by atoms with E-state index < -0.39 is 0 Å². The van der Waals surface area contributed by atoms with Crippen molar-refractivity contribution in [3.63, 3.8) is 0 Å². The van der Waals surface area contributed by atoms with Crippen molar-refractivity contribution >= 4 is 17.3 Å². The van der Waals surface area contributed by atoms with Crippen molar-refractivity contribution in [3.05, 3.63) is 35.0 Å².